The number of hydrogen-bond donors (Lipinski definition) is 1. The lowest BCUT2D eigenvalue weighted by Crippen LogP contribution is -2.16. The van der Waals surface area contributed by atoms with E-state index in [0.29, 0.717) is 29.1 Å². The number of nitrogens with zero attached hydrogens (tertiary/aromatic N) is 2. The summed E-state index contributed by atoms with van der Waals surface area (Å²) in [7, 11) is 0. The van der Waals surface area contributed by atoms with E-state index in [4.69, 9.17) is 21.1 Å². The summed E-state index contributed by atoms with van der Waals surface area (Å²) >= 11 is 6.38. The Morgan fingerprint density at radius 2 is 1.72 bits per heavy atom. The number of ketones is 1. The molecule has 0 saturated heterocycles. The molecule has 0 saturated carbocycles. The predicted octanol–water partition coefficient (Wildman–Crippen LogP) is 4.05. The Labute approximate surface area is 190 Å². The molecular formula is C23H24ClN3O5. The fourth-order valence-electron chi connectivity index (χ4n) is 3.50. The van der Waals surface area contributed by atoms with Gasteiger partial charge in [0, 0.05) is 11.3 Å². The molecule has 8 nitrogen and oxygen atoms in total. The number of carbonyl (C=O) groups is 3. The molecule has 1 N–H and O–H groups in total. The van der Waals surface area contributed by atoms with Gasteiger partial charge in [-0.15, -0.1) is 0 Å². The van der Waals surface area contributed by atoms with E-state index >= 15 is 0 Å². The van der Waals surface area contributed by atoms with Gasteiger partial charge in [-0.25, -0.2) is 14.3 Å². The minimum atomic E-state index is -0.739. The van der Waals surface area contributed by atoms with E-state index in [2.05, 4.69) is 10.1 Å². The zero-order valence-electron chi connectivity index (χ0n) is 18.3. The van der Waals surface area contributed by atoms with Gasteiger partial charge in [-0.3, -0.25) is 4.79 Å². The molecule has 2 heterocycles. The number of H-pyrrole nitrogens is 1. The first kappa shape index (κ1) is 23.3. The van der Waals surface area contributed by atoms with Crippen molar-refractivity contribution >= 4 is 29.3 Å². The fourth-order valence-corrected chi connectivity index (χ4v) is 3.81. The average molecular weight is 458 g/mol. The van der Waals surface area contributed by atoms with Crippen LogP contribution < -0.4 is 0 Å². The average Bonchev–Trinajstić information content (AvgIpc) is 3.21. The van der Waals surface area contributed by atoms with Crippen LogP contribution >= 0.6 is 11.6 Å². The highest BCUT2D eigenvalue weighted by molar-refractivity contribution is 6.32. The number of halogens is 1. The minimum Gasteiger partial charge on any atom is -0.461 e. The largest absolute Gasteiger partial charge is 0.461 e. The second kappa shape index (κ2) is 9.82. The molecule has 0 fully saturated rings. The van der Waals surface area contributed by atoms with Gasteiger partial charge in [0.15, 0.2) is 6.61 Å². The monoisotopic (exact) mass is 457 g/mol. The van der Waals surface area contributed by atoms with Crippen molar-refractivity contribution in [1.82, 2.24) is 14.8 Å². The van der Waals surface area contributed by atoms with Gasteiger partial charge in [0.05, 0.1) is 18.8 Å². The second-order valence-electron chi connectivity index (χ2n) is 7.24. The third-order valence-corrected chi connectivity index (χ3v) is 5.36. The van der Waals surface area contributed by atoms with Gasteiger partial charge < -0.3 is 14.5 Å². The highest BCUT2D eigenvalue weighted by Crippen LogP contribution is 2.23. The molecule has 0 spiro atoms. The Bertz CT molecular complexity index is 1160. The number of rotatable bonds is 8. The molecule has 0 unspecified atom stereocenters. The first-order valence-electron chi connectivity index (χ1n) is 10.1. The third kappa shape index (κ3) is 4.75. The van der Waals surface area contributed by atoms with Crippen molar-refractivity contribution in [3.05, 3.63) is 74.8 Å². The Morgan fingerprint density at radius 1 is 1.03 bits per heavy atom. The van der Waals surface area contributed by atoms with Gasteiger partial charge in [-0.2, -0.15) is 5.10 Å². The maximum atomic E-state index is 12.7. The topological polar surface area (TPSA) is 103 Å². The standard InChI is InChI=1S/C23H24ClN3O5/c1-5-31-23(30)20-13(2)18(14(3)25-20)17(28)12-32-22(29)19-15(4)26-27(21(19)24)11-16-9-7-6-8-10-16/h6-10,25H,5,11-12H2,1-4H3. The summed E-state index contributed by atoms with van der Waals surface area (Å²) in [6, 6.07) is 9.56. The van der Waals surface area contributed by atoms with Crippen LogP contribution in [-0.2, 0) is 16.0 Å². The highest BCUT2D eigenvalue weighted by atomic mass is 35.5. The molecule has 2 aromatic heterocycles. The maximum absolute atomic E-state index is 12.7. The van der Waals surface area contributed by atoms with Gasteiger partial charge in [0.1, 0.15) is 16.4 Å². The lowest BCUT2D eigenvalue weighted by molar-refractivity contribution is 0.0472. The van der Waals surface area contributed by atoms with Gasteiger partial charge in [-0.05, 0) is 38.8 Å². The van der Waals surface area contributed by atoms with Crippen LogP contribution in [0.5, 0.6) is 0 Å². The Balaban J connectivity index is 1.73. The van der Waals surface area contributed by atoms with E-state index in [1.165, 1.54) is 4.68 Å². The van der Waals surface area contributed by atoms with Crippen LogP contribution in [0.2, 0.25) is 5.15 Å². The van der Waals surface area contributed by atoms with E-state index in [9.17, 15) is 14.4 Å². The van der Waals surface area contributed by atoms with E-state index in [1.807, 2.05) is 30.3 Å². The third-order valence-electron chi connectivity index (χ3n) is 4.97. The molecule has 9 heteroatoms. The number of ether oxygens (including phenoxy) is 2. The molecule has 3 aromatic rings. The van der Waals surface area contributed by atoms with Crippen molar-refractivity contribution in [2.75, 3.05) is 13.2 Å². The first-order chi connectivity index (χ1) is 15.2. The van der Waals surface area contributed by atoms with Gasteiger partial charge in [-0.1, -0.05) is 41.9 Å². The fraction of sp³-hybridized carbons (Fsp3) is 0.304. The zero-order chi connectivity index (χ0) is 23.4. The number of aryl methyl sites for hydroxylation is 2. The number of hydrogen-bond acceptors (Lipinski definition) is 6. The molecule has 0 atom stereocenters. The van der Waals surface area contributed by atoms with Crippen LogP contribution in [0.4, 0.5) is 0 Å². The maximum Gasteiger partial charge on any atom is 0.355 e. The number of benzene rings is 1. The number of nitrogens with one attached hydrogen (secondary N) is 1. The van der Waals surface area contributed by atoms with Crippen molar-refractivity contribution < 1.29 is 23.9 Å². The molecular weight excluding hydrogens is 434 g/mol. The normalized spacial score (nSPS) is 10.8. The Kier molecular flexibility index (Phi) is 7.15. The van der Waals surface area contributed by atoms with Crippen molar-refractivity contribution in [2.24, 2.45) is 0 Å². The SMILES string of the molecule is CCOC(=O)c1[nH]c(C)c(C(=O)COC(=O)c2c(C)nn(Cc3ccccc3)c2Cl)c1C. The molecule has 3 rings (SSSR count). The summed E-state index contributed by atoms with van der Waals surface area (Å²) in [5.41, 5.74) is 2.95. The first-order valence-corrected chi connectivity index (χ1v) is 10.5. The molecule has 1 aromatic carbocycles. The van der Waals surface area contributed by atoms with E-state index in [1.54, 1.807) is 27.7 Å². The van der Waals surface area contributed by atoms with Crippen molar-refractivity contribution in [3.63, 3.8) is 0 Å². The summed E-state index contributed by atoms with van der Waals surface area (Å²) in [5.74, 6) is -1.72. The smallest absolute Gasteiger partial charge is 0.355 e. The van der Waals surface area contributed by atoms with Crippen molar-refractivity contribution in [2.45, 2.75) is 34.2 Å². The molecule has 168 valence electrons. The zero-order valence-corrected chi connectivity index (χ0v) is 19.1. The van der Waals surface area contributed by atoms with Crippen LogP contribution in [0.3, 0.4) is 0 Å². The van der Waals surface area contributed by atoms with Gasteiger partial charge >= 0.3 is 11.9 Å². The summed E-state index contributed by atoms with van der Waals surface area (Å²) in [4.78, 5) is 40.3. The van der Waals surface area contributed by atoms with E-state index < -0.39 is 24.3 Å². The van der Waals surface area contributed by atoms with Crippen LogP contribution in [-0.4, -0.2) is 45.7 Å². The van der Waals surface area contributed by atoms with Gasteiger partial charge in [0.2, 0.25) is 5.78 Å². The molecule has 0 aliphatic heterocycles. The number of aromatic nitrogens is 3. The van der Waals surface area contributed by atoms with Crippen LogP contribution in [0, 0.1) is 20.8 Å². The summed E-state index contributed by atoms with van der Waals surface area (Å²) < 4.78 is 11.7. The lowest BCUT2D eigenvalue weighted by Gasteiger charge is -2.06. The second-order valence-corrected chi connectivity index (χ2v) is 7.60. The van der Waals surface area contributed by atoms with Crippen molar-refractivity contribution in [3.8, 4) is 0 Å². The summed E-state index contributed by atoms with van der Waals surface area (Å²) in [6.07, 6.45) is 0. The van der Waals surface area contributed by atoms with Crippen LogP contribution in [0.25, 0.3) is 0 Å². The van der Waals surface area contributed by atoms with Crippen LogP contribution in [0.15, 0.2) is 30.3 Å². The highest BCUT2D eigenvalue weighted by Gasteiger charge is 2.26. The Hall–Kier alpha value is -3.39. The molecule has 0 aliphatic carbocycles. The molecule has 32 heavy (non-hydrogen) atoms. The number of carbonyl (C=O) groups excluding carboxylic acids is 3. The lowest BCUT2D eigenvalue weighted by atomic mass is 10.1. The molecule has 0 amide bonds. The predicted molar refractivity (Wildman–Crippen MR) is 118 cm³/mol. The van der Waals surface area contributed by atoms with Crippen molar-refractivity contribution in [1.29, 1.82) is 0 Å². The van der Waals surface area contributed by atoms with Gasteiger partial charge in [0.25, 0.3) is 0 Å². The number of esters is 2. The molecule has 0 aliphatic rings. The van der Waals surface area contributed by atoms with E-state index in [0.717, 1.165) is 5.56 Å². The summed E-state index contributed by atoms with van der Waals surface area (Å²) in [5, 5.41) is 4.46. The quantitative estimate of drug-likeness (QED) is 0.404. The number of aromatic amines is 1. The summed E-state index contributed by atoms with van der Waals surface area (Å²) in [6.45, 7) is 6.76. The Morgan fingerprint density at radius 3 is 2.38 bits per heavy atom. The minimum absolute atomic E-state index is 0.116. The molecule has 0 radical (unpaired) electrons. The van der Waals surface area contributed by atoms with Crippen LogP contribution in [0.1, 0.15) is 60.6 Å². The van der Waals surface area contributed by atoms with E-state index in [-0.39, 0.29) is 23.0 Å². The number of Topliss-reactive ketones (excluding diaryl/α,β-unsaturated/α-hetero) is 1. The molecule has 0 bridgehead atoms.